The molecule has 0 bridgehead atoms. The van der Waals surface area contributed by atoms with E-state index in [1.165, 1.54) is 0 Å². The van der Waals surface area contributed by atoms with E-state index in [4.69, 9.17) is 16.3 Å². The maximum absolute atomic E-state index is 11.8. The molecule has 120 valence electrons. The van der Waals surface area contributed by atoms with Crippen LogP contribution in [0.3, 0.4) is 0 Å². The van der Waals surface area contributed by atoms with Crippen molar-refractivity contribution in [2.45, 2.75) is 19.8 Å². The summed E-state index contributed by atoms with van der Waals surface area (Å²) in [6.07, 6.45) is 0.0440. The van der Waals surface area contributed by atoms with Gasteiger partial charge in [0.05, 0.1) is 11.4 Å². The van der Waals surface area contributed by atoms with Gasteiger partial charge in [-0.15, -0.1) is 0 Å². The Balaban J connectivity index is 1.80. The predicted octanol–water partition coefficient (Wildman–Crippen LogP) is 4.74. The highest BCUT2D eigenvalue weighted by molar-refractivity contribution is 9.10. The lowest BCUT2D eigenvalue weighted by Gasteiger charge is -2.07. The smallest absolute Gasteiger partial charge is 0.311 e. The van der Waals surface area contributed by atoms with E-state index in [9.17, 15) is 9.59 Å². The van der Waals surface area contributed by atoms with Gasteiger partial charge in [0.2, 0.25) is 5.91 Å². The Morgan fingerprint density at radius 2 is 1.83 bits per heavy atom. The maximum atomic E-state index is 11.8. The van der Waals surface area contributed by atoms with E-state index >= 15 is 0 Å². The molecule has 0 aliphatic heterocycles. The fraction of sp³-hybridized carbons (Fsp3) is 0.176. The predicted molar refractivity (Wildman–Crippen MR) is 93.8 cm³/mol. The third kappa shape index (κ3) is 5.69. The number of carbonyl (C=O) groups excluding carboxylic acids is 2. The summed E-state index contributed by atoms with van der Waals surface area (Å²) in [5.41, 5.74) is 1.66. The largest absolute Gasteiger partial charge is 0.427 e. The Hall–Kier alpha value is -1.85. The molecule has 0 aliphatic rings. The van der Waals surface area contributed by atoms with Gasteiger partial charge >= 0.3 is 5.97 Å². The summed E-state index contributed by atoms with van der Waals surface area (Å²) in [4.78, 5) is 23.6. The molecule has 0 saturated carbocycles. The lowest BCUT2D eigenvalue weighted by atomic mass is 10.2. The van der Waals surface area contributed by atoms with Crippen LogP contribution in [-0.2, 0) is 9.59 Å². The van der Waals surface area contributed by atoms with E-state index in [0.717, 1.165) is 10.0 Å². The van der Waals surface area contributed by atoms with Gasteiger partial charge in [-0.2, -0.15) is 0 Å². The number of esters is 1. The van der Waals surface area contributed by atoms with Crippen LogP contribution < -0.4 is 10.1 Å². The molecule has 0 unspecified atom stereocenters. The normalized spacial score (nSPS) is 10.2. The van der Waals surface area contributed by atoms with Crippen LogP contribution in [0.2, 0.25) is 5.02 Å². The Kier molecular flexibility index (Phi) is 6.19. The van der Waals surface area contributed by atoms with Crippen molar-refractivity contribution < 1.29 is 14.3 Å². The van der Waals surface area contributed by atoms with Crippen LogP contribution in [0.1, 0.15) is 18.4 Å². The van der Waals surface area contributed by atoms with Crippen LogP contribution in [0.25, 0.3) is 0 Å². The van der Waals surface area contributed by atoms with Crippen molar-refractivity contribution in [1.82, 2.24) is 0 Å². The zero-order valence-electron chi connectivity index (χ0n) is 12.4. The molecule has 1 N–H and O–H groups in total. The molecule has 0 aliphatic carbocycles. The van der Waals surface area contributed by atoms with Crippen molar-refractivity contribution in [2.24, 2.45) is 0 Å². The SMILES string of the molecule is Cc1ccc(OC(=O)CCC(=O)Nc2ccc(Br)c(Cl)c2)cc1. The molecule has 0 atom stereocenters. The third-order valence-electron chi connectivity index (χ3n) is 3.01. The summed E-state index contributed by atoms with van der Waals surface area (Å²) >= 11 is 9.23. The molecular formula is C17H15BrClNO3. The van der Waals surface area contributed by atoms with Crippen LogP contribution >= 0.6 is 27.5 Å². The van der Waals surface area contributed by atoms with Crippen molar-refractivity contribution in [3.05, 3.63) is 57.5 Å². The second-order valence-electron chi connectivity index (χ2n) is 4.96. The van der Waals surface area contributed by atoms with Crippen molar-refractivity contribution in [3.8, 4) is 5.75 Å². The number of hydrogen-bond donors (Lipinski definition) is 1. The number of carbonyl (C=O) groups is 2. The molecule has 2 rings (SSSR count). The summed E-state index contributed by atoms with van der Waals surface area (Å²) in [7, 11) is 0. The first-order valence-electron chi connectivity index (χ1n) is 6.96. The number of halogens is 2. The average molecular weight is 397 g/mol. The maximum Gasteiger partial charge on any atom is 0.311 e. The van der Waals surface area contributed by atoms with Gasteiger partial charge in [0.25, 0.3) is 0 Å². The Morgan fingerprint density at radius 3 is 2.48 bits per heavy atom. The minimum atomic E-state index is -0.446. The van der Waals surface area contributed by atoms with Gasteiger partial charge in [0.15, 0.2) is 0 Å². The number of ether oxygens (including phenoxy) is 1. The second-order valence-corrected chi connectivity index (χ2v) is 6.23. The highest BCUT2D eigenvalue weighted by Gasteiger charge is 2.10. The fourth-order valence-electron chi connectivity index (χ4n) is 1.80. The molecule has 0 aromatic heterocycles. The Morgan fingerprint density at radius 1 is 1.13 bits per heavy atom. The van der Waals surface area contributed by atoms with E-state index < -0.39 is 5.97 Å². The van der Waals surface area contributed by atoms with Gasteiger partial charge in [-0.05, 0) is 53.2 Å². The summed E-state index contributed by atoms with van der Waals surface area (Å²) in [5.74, 6) is -0.247. The van der Waals surface area contributed by atoms with Gasteiger partial charge in [-0.25, -0.2) is 0 Å². The van der Waals surface area contributed by atoms with Crippen LogP contribution in [0.15, 0.2) is 46.9 Å². The van der Waals surface area contributed by atoms with E-state index in [-0.39, 0.29) is 18.7 Å². The number of anilines is 1. The number of hydrogen-bond acceptors (Lipinski definition) is 3. The molecule has 6 heteroatoms. The standard InChI is InChI=1S/C17H15BrClNO3/c1-11-2-5-13(6-3-11)23-17(22)9-8-16(21)20-12-4-7-14(18)15(19)10-12/h2-7,10H,8-9H2,1H3,(H,20,21). The van der Waals surface area contributed by atoms with Crippen LogP contribution in [0, 0.1) is 6.92 Å². The summed E-state index contributed by atoms with van der Waals surface area (Å²) in [6.45, 7) is 1.95. The lowest BCUT2D eigenvalue weighted by molar-refractivity contribution is -0.135. The molecular weight excluding hydrogens is 382 g/mol. The van der Waals surface area contributed by atoms with Gasteiger partial charge in [-0.3, -0.25) is 9.59 Å². The second kappa shape index (κ2) is 8.13. The molecule has 4 nitrogen and oxygen atoms in total. The third-order valence-corrected chi connectivity index (χ3v) is 4.24. The molecule has 0 fully saturated rings. The Bertz CT molecular complexity index is 716. The summed E-state index contributed by atoms with van der Waals surface area (Å²) in [5, 5.41) is 3.19. The number of amides is 1. The molecule has 2 aromatic rings. The highest BCUT2D eigenvalue weighted by atomic mass is 79.9. The number of rotatable bonds is 5. The molecule has 2 aromatic carbocycles. The van der Waals surface area contributed by atoms with Crippen molar-refractivity contribution in [1.29, 1.82) is 0 Å². The first-order chi connectivity index (χ1) is 10.9. The molecule has 0 saturated heterocycles. The molecule has 1 amide bonds. The monoisotopic (exact) mass is 395 g/mol. The van der Waals surface area contributed by atoms with Gasteiger partial charge in [0, 0.05) is 16.6 Å². The first-order valence-corrected chi connectivity index (χ1v) is 8.13. The van der Waals surface area contributed by atoms with Crippen molar-refractivity contribution in [3.63, 3.8) is 0 Å². The van der Waals surface area contributed by atoms with Gasteiger partial charge < -0.3 is 10.1 Å². The van der Waals surface area contributed by atoms with E-state index in [1.54, 1.807) is 30.3 Å². The minimum absolute atomic E-state index is 0.00394. The van der Waals surface area contributed by atoms with Crippen LogP contribution in [0.5, 0.6) is 5.75 Å². The summed E-state index contributed by atoms with van der Waals surface area (Å²) < 4.78 is 5.91. The first kappa shape index (κ1) is 17.5. The van der Waals surface area contributed by atoms with Crippen molar-refractivity contribution >= 4 is 45.1 Å². The van der Waals surface area contributed by atoms with Gasteiger partial charge in [0.1, 0.15) is 5.75 Å². The molecule has 0 radical (unpaired) electrons. The number of nitrogens with one attached hydrogen (secondary N) is 1. The number of aryl methyl sites for hydroxylation is 1. The Labute approximate surface area is 147 Å². The lowest BCUT2D eigenvalue weighted by Crippen LogP contribution is -2.15. The topological polar surface area (TPSA) is 55.4 Å². The number of benzene rings is 2. The van der Waals surface area contributed by atoms with Crippen LogP contribution in [-0.4, -0.2) is 11.9 Å². The van der Waals surface area contributed by atoms with Crippen LogP contribution in [0.4, 0.5) is 5.69 Å². The highest BCUT2D eigenvalue weighted by Crippen LogP contribution is 2.25. The average Bonchev–Trinajstić information content (AvgIpc) is 2.51. The molecule has 23 heavy (non-hydrogen) atoms. The van der Waals surface area contributed by atoms with Crippen molar-refractivity contribution in [2.75, 3.05) is 5.32 Å². The van der Waals surface area contributed by atoms with Gasteiger partial charge in [-0.1, -0.05) is 29.3 Å². The summed E-state index contributed by atoms with van der Waals surface area (Å²) in [6, 6.07) is 12.2. The minimum Gasteiger partial charge on any atom is -0.427 e. The molecule has 0 spiro atoms. The van der Waals surface area contributed by atoms with E-state index in [0.29, 0.717) is 16.5 Å². The quantitative estimate of drug-likeness (QED) is 0.587. The zero-order chi connectivity index (χ0) is 16.8. The van der Waals surface area contributed by atoms with E-state index in [2.05, 4.69) is 21.2 Å². The fourth-order valence-corrected chi connectivity index (χ4v) is 2.23. The van der Waals surface area contributed by atoms with E-state index in [1.807, 2.05) is 19.1 Å². The molecule has 0 heterocycles. The zero-order valence-corrected chi connectivity index (χ0v) is 14.8.